The molecule has 19 heavy (non-hydrogen) atoms. The Morgan fingerprint density at radius 3 is 2.68 bits per heavy atom. The van der Waals surface area contributed by atoms with Crippen LogP contribution in [-0.2, 0) is 10.0 Å². The van der Waals surface area contributed by atoms with Crippen LogP contribution in [0.3, 0.4) is 0 Å². The summed E-state index contributed by atoms with van der Waals surface area (Å²) >= 11 is 0. The second-order valence-electron chi connectivity index (χ2n) is 5.09. The SMILES string of the molecule is Cc1c(F)cc(N)cc1S(=O)(=O)N1CCCCC1C. The second kappa shape index (κ2) is 5.09. The molecule has 0 bridgehead atoms. The second-order valence-corrected chi connectivity index (χ2v) is 6.95. The number of nitrogen functional groups attached to an aromatic ring is 1. The van der Waals surface area contributed by atoms with Crippen molar-refractivity contribution in [1.29, 1.82) is 0 Å². The molecular weight excluding hydrogens is 267 g/mol. The van der Waals surface area contributed by atoms with E-state index in [-0.39, 0.29) is 22.2 Å². The highest BCUT2D eigenvalue weighted by Crippen LogP contribution is 2.29. The predicted octanol–water partition coefficient (Wildman–Crippen LogP) is 2.28. The summed E-state index contributed by atoms with van der Waals surface area (Å²) in [7, 11) is -3.67. The van der Waals surface area contributed by atoms with Crippen LogP contribution in [0.15, 0.2) is 17.0 Å². The van der Waals surface area contributed by atoms with Gasteiger partial charge in [0.15, 0.2) is 0 Å². The Bertz CT molecular complexity index is 587. The van der Waals surface area contributed by atoms with Crippen LogP contribution in [0.1, 0.15) is 31.7 Å². The molecule has 1 unspecified atom stereocenters. The van der Waals surface area contributed by atoms with Crippen molar-refractivity contribution in [1.82, 2.24) is 4.31 Å². The number of halogens is 1. The van der Waals surface area contributed by atoms with Gasteiger partial charge in [0.2, 0.25) is 10.0 Å². The zero-order valence-electron chi connectivity index (χ0n) is 11.2. The minimum atomic E-state index is -3.67. The Kier molecular flexibility index (Phi) is 3.82. The third kappa shape index (κ3) is 2.60. The topological polar surface area (TPSA) is 63.4 Å². The van der Waals surface area contributed by atoms with Gasteiger partial charge in [-0.15, -0.1) is 0 Å². The summed E-state index contributed by atoms with van der Waals surface area (Å²) in [6.07, 6.45) is 2.70. The summed E-state index contributed by atoms with van der Waals surface area (Å²) in [6, 6.07) is 2.44. The first kappa shape index (κ1) is 14.3. The third-order valence-electron chi connectivity index (χ3n) is 3.65. The van der Waals surface area contributed by atoms with Gasteiger partial charge in [0.25, 0.3) is 0 Å². The van der Waals surface area contributed by atoms with Crippen LogP contribution in [0.4, 0.5) is 10.1 Å². The van der Waals surface area contributed by atoms with Crippen LogP contribution in [0, 0.1) is 12.7 Å². The summed E-state index contributed by atoms with van der Waals surface area (Å²) in [4.78, 5) is -0.0150. The molecule has 0 aliphatic carbocycles. The Hall–Kier alpha value is -1.14. The molecule has 1 saturated heterocycles. The molecule has 1 atom stereocenters. The Morgan fingerprint density at radius 1 is 1.37 bits per heavy atom. The van der Waals surface area contributed by atoms with Gasteiger partial charge >= 0.3 is 0 Å². The van der Waals surface area contributed by atoms with Gasteiger partial charge in [-0.25, -0.2) is 12.8 Å². The van der Waals surface area contributed by atoms with Crippen molar-refractivity contribution >= 4 is 15.7 Å². The molecule has 2 rings (SSSR count). The monoisotopic (exact) mass is 286 g/mol. The third-order valence-corrected chi connectivity index (χ3v) is 5.79. The van der Waals surface area contributed by atoms with Gasteiger partial charge in [-0.1, -0.05) is 6.42 Å². The molecule has 0 aromatic heterocycles. The van der Waals surface area contributed by atoms with Gasteiger partial charge < -0.3 is 5.73 Å². The summed E-state index contributed by atoms with van der Waals surface area (Å²) < 4.78 is 40.4. The largest absolute Gasteiger partial charge is 0.399 e. The molecule has 1 aliphatic rings. The molecular formula is C13H19FN2O2S. The van der Waals surface area contributed by atoms with Gasteiger partial charge in [-0.05, 0) is 38.8 Å². The van der Waals surface area contributed by atoms with Crippen molar-refractivity contribution in [2.45, 2.75) is 44.0 Å². The van der Waals surface area contributed by atoms with Crippen molar-refractivity contribution in [3.63, 3.8) is 0 Å². The molecule has 4 nitrogen and oxygen atoms in total. The number of sulfonamides is 1. The van der Waals surface area contributed by atoms with E-state index in [0.29, 0.717) is 6.54 Å². The average molecular weight is 286 g/mol. The first-order chi connectivity index (χ1) is 8.84. The summed E-state index contributed by atoms with van der Waals surface area (Å²) in [5, 5.41) is 0. The molecule has 1 aromatic carbocycles. The van der Waals surface area contributed by atoms with Gasteiger partial charge in [-0.2, -0.15) is 4.31 Å². The first-order valence-electron chi connectivity index (χ1n) is 6.41. The molecule has 1 fully saturated rings. The van der Waals surface area contributed by atoms with Gasteiger partial charge in [-0.3, -0.25) is 0 Å². The summed E-state index contributed by atoms with van der Waals surface area (Å²) in [6.45, 7) is 3.84. The Morgan fingerprint density at radius 2 is 2.05 bits per heavy atom. The minimum absolute atomic E-state index is 0.0150. The number of piperidine rings is 1. The van der Waals surface area contributed by atoms with E-state index in [1.165, 1.54) is 17.3 Å². The first-order valence-corrected chi connectivity index (χ1v) is 7.85. The van der Waals surface area contributed by atoms with E-state index < -0.39 is 15.8 Å². The Labute approximate surface area is 113 Å². The normalized spacial score (nSPS) is 21.5. The number of rotatable bonds is 2. The molecule has 1 aromatic rings. The van der Waals surface area contributed by atoms with Crippen LogP contribution in [0.25, 0.3) is 0 Å². The highest BCUT2D eigenvalue weighted by Gasteiger charge is 2.32. The van der Waals surface area contributed by atoms with Crippen molar-refractivity contribution in [3.8, 4) is 0 Å². The number of anilines is 1. The lowest BCUT2D eigenvalue weighted by Crippen LogP contribution is -2.42. The van der Waals surface area contributed by atoms with Crippen LogP contribution >= 0.6 is 0 Å². The van der Waals surface area contributed by atoms with Crippen molar-refractivity contribution < 1.29 is 12.8 Å². The fourth-order valence-corrected chi connectivity index (χ4v) is 4.47. The molecule has 1 aliphatic heterocycles. The van der Waals surface area contributed by atoms with Gasteiger partial charge in [0.1, 0.15) is 5.82 Å². The maximum atomic E-state index is 13.7. The number of nitrogens with zero attached hydrogens (tertiary/aromatic N) is 1. The molecule has 106 valence electrons. The number of hydrogen-bond acceptors (Lipinski definition) is 3. The van der Waals surface area contributed by atoms with E-state index >= 15 is 0 Å². The lowest BCUT2D eigenvalue weighted by molar-refractivity contribution is 0.268. The van der Waals surface area contributed by atoms with Crippen LogP contribution in [-0.4, -0.2) is 25.3 Å². The fourth-order valence-electron chi connectivity index (χ4n) is 2.50. The van der Waals surface area contributed by atoms with Crippen molar-refractivity contribution in [2.75, 3.05) is 12.3 Å². The quantitative estimate of drug-likeness (QED) is 0.848. The zero-order valence-corrected chi connectivity index (χ0v) is 12.0. The van der Waals surface area contributed by atoms with E-state index in [9.17, 15) is 12.8 Å². The molecule has 1 heterocycles. The van der Waals surface area contributed by atoms with E-state index in [1.807, 2.05) is 6.92 Å². The van der Waals surface area contributed by atoms with Crippen LogP contribution in [0.5, 0.6) is 0 Å². The number of benzene rings is 1. The van der Waals surface area contributed by atoms with Crippen molar-refractivity contribution in [3.05, 3.63) is 23.5 Å². The zero-order chi connectivity index (χ0) is 14.2. The van der Waals surface area contributed by atoms with Crippen LogP contribution < -0.4 is 5.73 Å². The van der Waals surface area contributed by atoms with Gasteiger partial charge in [0, 0.05) is 23.8 Å². The highest BCUT2D eigenvalue weighted by atomic mass is 32.2. The van der Waals surface area contributed by atoms with Crippen LogP contribution in [0.2, 0.25) is 0 Å². The maximum absolute atomic E-state index is 13.7. The average Bonchev–Trinajstić information content (AvgIpc) is 2.34. The molecule has 0 saturated carbocycles. The molecule has 0 spiro atoms. The molecule has 2 N–H and O–H groups in total. The van der Waals surface area contributed by atoms with Gasteiger partial charge in [0.05, 0.1) is 4.90 Å². The van der Waals surface area contributed by atoms with Crippen molar-refractivity contribution in [2.24, 2.45) is 0 Å². The smallest absolute Gasteiger partial charge is 0.243 e. The summed E-state index contributed by atoms with van der Waals surface area (Å²) in [5.41, 5.74) is 5.83. The van der Waals surface area contributed by atoms with E-state index in [2.05, 4.69) is 0 Å². The lowest BCUT2D eigenvalue weighted by atomic mass is 10.1. The van der Waals surface area contributed by atoms with E-state index in [0.717, 1.165) is 25.3 Å². The molecule has 0 radical (unpaired) electrons. The Balaban J connectivity index is 2.50. The lowest BCUT2D eigenvalue weighted by Gasteiger charge is -2.32. The molecule has 6 heteroatoms. The van der Waals surface area contributed by atoms with E-state index in [4.69, 9.17) is 5.73 Å². The maximum Gasteiger partial charge on any atom is 0.243 e. The number of nitrogens with two attached hydrogens (primary N) is 1. The van der Waals surface area contributed by atoms with E-state index in [1.54, 1.807) is 0 Å². The highest BCUT2D eigenvalue weighted by molar-refractivity contribution is 7.89. The molecule has 0 amide bonds. The predicted molar refractivity (Wildman–Crippen MR) is 72.8 cm³/mol. The number of hydrogen-bond donors (Lipinski definition) is 1. The fraction of sp³-hybridized carbons (Fsp3) is 0.538. The minimum Gasteiger partial charge on any atom is -0.399 e. The summed E-state index contributed by atoms with van der Waals surface area (Å²) in [5.74, 6) is -0.580. The standard InChI is InChI=1S/C13H19FN2O2S/c1-9-5-3-4-6-16(9)19(17,18)13-8-11(15)7-12(14)10(13)2/h7-9H,3-6,15H2,1-2H3.